The van der Waals surface area contributed by atoms with Gasteiger partial charge in [-0.25, -0.2) is 0 Å². The molecule has 2 aromatic rings. The van der Waals surface area contributed by atoms with E-state index in [1.807, 2.05) is 31.2 Å². The molecule has 166 valence electrons. The third kappa shape index (κ3) is 6.56. The Bertz CT molecular complexity index is 858. The second-order valence-electron chi connectivity index (χ2n) is 7.60. The summed E-state index contributed by atoms with van der Waals surface area (Å²) in [7, 11) is 1.63. The van der Waals surface area contributed by atoms with Crippen LogP contribution < -0.4 is 9.47 Å². The zero-order valence-electron chi connectivity index (χ0n) is 18.3. The number of hydrogen-bond donors (Lipinski definition) is 0. The fraction of sp³-hybridized carbons (Fsp3) is 0.440. The molecule has 0 bridgehead atoms. The maximum atomic E-state index is 13.1. The highest BCUT2D eigenvalue weighted by molar-refractivity contribution is 5.98. The minimum Gasteiger partial charge on any atom is -0.496 e. The van der Waals surface area contributed by atoms with Crippen LogP contribution in [0.15, 0.2) is 48.5 Å². The van der Waals surface area contributed by atoms with Gasteiger partial charge in [-0.15, -0.1) is 0 Å². The Labute approximate surface area is 184 Å². The number of hydrogen-bond acceptors (Lipinski definition) is 5. The summed E-state index contributed by atoms with van der Waals surface area (Å²) < 4.78 is 16.6. The van der Waals surface area contributed by atoms with Crippen molar-refractivity contribution in [3.63, 3.8) is 0 Å². The number of carbonyl (C=O) groups excluding carboxylic acids is 2. The van der Waals surface area contributed by atoms with Crippen LogP contribution in [0.1, 0.15) is 48.5 Å². The van der Waals surface area contributed by atoms with Crippen molar-refractivity contribution in [1.29, 1.82) is 0 Å². The summed E-state index contributed by atoms with van der Waals surface area (Å²) >= 11 is 0. The predicted molar refractivity (Wildman–Crippen MR) is 119 cm³/mol. The van der Waals surface area contributed by atoms with E-state index in [4.69, 9.17) is 14.2 Å². The number of amides is 1. The molecule has 1 unspecified atom stereocenters. The number of methoxy groups -OCH3 is 1. The molecule has 6 heteroatoms. The van der Waals surface area contributed by atoms with Gasteiger partial charge in [0, 0.05) is 43.7 Å². The summed E-state index contributed by atoms with van der Waals surface area (Å²) in [5.41, 5.74) is 1.53. The van der Waals surface area contributed by atoms with E-state index >= 15 is 0 Å². The van der Waals surface area contributed by atoms with Gasteiger partial charge < -0.3 is 19.1 Å². The molecular formula is C25H31NO5. The normalized spacial score (nSPS) is 15.5. The Morgan fingerprint density at radius 1 is 1.10 bits per heavy atom. The zero-order valence-corrected chi connectivity index (χ0v) is 18.3. The standard InChI is InChI=1S/C25H31NO5/c1-3-30-21-12-10-19(11-13-21)23(27)14-15-25(28)26(18-22-8-6-16-31-22)17-20-7-4-5-9-24(20)29-2/h4-5,7,9-13,22H,3,6,8,14-18H2,1-2H3. The van der Waals surface area contributed by atoms with Crippen molar-refractivity contribution in [3.8, 4) is 11.5 Å². The van der Waals surface area contributed by atoms with Gasteiger partial charge in [-0.05, 0) is 50.1 Å². The molecule has 0 aliphatic carbocycles. The maximum absolute atomic E-state index is 13.1. The molecule has 1 aliphatic rings. The molecule has 0 spiro atoms. The Kier molecular flexibility index (Phi) is 8.47. The van der Waals surface area contributed by atoms with E-state index in [0.717, 1.165) is 36.5 Å². The van der Waals surface area contributed by atoms with E-state index in [-0.39, 0.29) is 30.6 Å². The molecule has 31 heavy (non-hydrogen) atoms. The van der Waals surface area contributed by atoms with Gasteiger partial charge >= 0.3 is 0 Å². The largest absolute Gasteiger partial charge is 0.496 e. The molecule has 6 nitrogen and oxygen atoms in total. The SMILES string of the molecule is CCOc1ccc(C(=O)CCC(=O)N(Cc2ccccc2OC)CC2CCCO2)cc1. The molecule has 1 heterocycles. The second-order valence-corrected chi connectivity index (χ2v) is 7.60. The van der Waals surface area contributed by atoms with Crippen LogP contribution in [0.2, 0.25) is 0 Å². The molecule has 1 amide bonds. The highest BCUT2D eigenvalue weighted by atomic mass is 16.5. The van der Waals surface area contributed by atoms with Gasteiger partial charge in [-0.2, -0.15) is 0 Å². The second kappa shape index (κ2) is 11.5. The lowest BCUT2D eigenvalue weighted by molar-refractivity contribution is -0.133. The van der Waals surface area contributed by atoms with Crippen molar-refractivity contribution in [1.82, 2.24) is 4.90 Å². The number of benzene rings is 2. The van der Waals surface area contributed by atoms with Crippen molar-refractivity contribution in [2.45, 2.75) is 45.3 Å². The smallest absolute Gasteiger partial charge is 0.223 e. The summed E-state index contributed by atoms with van der Waals surface area (Å²) in [6.45, 7) is 4.18. The van der Waals surface area contributed by atoms with Gasteiger partial charge in [0.25, 0.3) is 0 Å². The molecule has 0 radical (unpaired) electrons. The predicted octanol–water partition coefficient (Wildman–Crippen LogP) is 4.26. The number of nitrogens with zero attached hydrogens (tertiary/aromatic N) is 1. The Morgan fingerprint density at radius 2 is 1.87 bits per heavy atom. The van der Waals surface area contributed by atoms with Crippen molar-refractivity contribution in [2.75, 3.05) is 26.9 Å². The summed E-state index contributed by atoms with van der Waals surface area (Å²) in [6.07, 6.45) is 2.33. The first kappa shape index (κ1) is 22.8. The molecule has 0 saturated carbocycles. The highest BCUT2D eigenvalue weighted by Gasteiger charge is 2.24. The van der Waals surface area contributed by atoms with E-state index in [1.165, 1.54) is 0 Å². The first-order valence-corrected chi connectivity index (χ1v) is 10.9. The lowest BCUT2D eigenvalue weighted by Crippen LogP contribution is -2.37. The average molecular weight is 426 g/mol. The fourth-order valence-corrected chi connectivity index (χ4v) is 3.75. The molecule has 0 aromatic heterocycles. The van der Waals surface area contributed by atoms with Gasteiger partial charge in [-0.3, -0.25) is 9.59 Å². The van der Waals surface area contributed by atoms with Crippen molar-refractivity contribution in [3.05, 3.63) is 59.7 Å². The van der Waals surface area contributed by atoms with E-state index in [0.29, 0.717) is 25.3 Å². The fourth-order valence-electron chi connectivity index (χ4n) is 3.75. The molecule has 1 fully saturated rings. The van der Waals surface area contributed by atoms with Crippen molar-refractivity contribution in [2.24, 2.45) is 0 Å². The zero-order chi connectivity index (χ0) is 22.1. The van der Waals surface area contributed by atoms with E-state index in [2.05, 4.69) is 0 Å². The average Bonchev–Trinajstić information content (AvgIpc) is 3.31. The number of ether oxygens (including phenoxy) is 3. The molecule has 1 atom stereocenters. The summed E-state index contributed by atoms with van der Waals surface area (Å²) in [4.78, 5) is 27.4. The lowest BCUT2D eigenvalue weighted by atomic mass is 10.1. The van der Waals surface area contributed by atoms with E-state index in [9.17, 15) is 9.59 Å². The highest BCUT2D eigenvalue weighted by Crippen LogP contribution is 2.22. The van der Waals surface area contributed by atoms with Crippen molar-refractivity contribution >= 4 is 11.7 Å². The molecule has 0 N–H and O–H groups in total. The van der Waals surface area contributed by atoms with Gasteiger partial charge in [0.15, 0.2) is 5.78 Å². The first-order chi connectivity index (χ1) is 15.1. The minimum absolute atomic E-state index is 0.0421. The van der Waals surface area contributed by atoms with E-state index in [1.54, 1.807) is 36.3 Å². The first-order valence-electron chi connectivity index (χ1n) is 10.9. The summed E-state index contributed by atoms with van der Waals surface area (Å²) in [5.74, 6) is 1.37. The molecule has 3 rings (SSSR count). The monoisotopic (exact) mass is 425 g/mol. The maximum Gasteiger partial charge on any atom is 0.223 e. The third-order valence-electron chi connectivity index (χ3n) is 5.41. The van der Waals surface area contributed by atoms with Gasteiger partial charge in [0.05, 0.1) is 19.8 Å². The number of rotatable bonds is 11. The molecular weight excluding hydrogens is 394 g/mol. The topological polar surface area (TPSA) is 65.1 Å². The molecule has 1 aliphatic heterocycles. The van der Waals surface area contributed by atoms with Crippen LogP contribution in [-0.4, -0.2) is 49.6 Å². The van der Waals surface area contributed by atoms with E-state index < -0.39 is 0 Å². The van der Waals surface area contributed by atoms with Crippen LogP contribution in [0.4, 0.5) is 0 Å². The number of carbonyl (C=O) groups is 2. The van der Waals surface area contributed by atoms with Crippen LogP contribution in [0.3, 0.4) is 0 Å². The quantitative estimate of drug-likeness (QED) is 0.503. The Hall–Kier alpha value is -2.86. The third-order valence-corrected chi connectivity index (χ3v) is 5.41. The van der Waals surface area contributed by atoms with Gasteiger partial charge in [0.1, 0.15) is 11.5 Å². The Balaban J connectivity index is 1.63. The van der Waals surface area contributed by atoms with Crippen LogP contribution in [0, 0.1) is 0 Å². The summed E-state index contributed by atoms with van der Waals surface area (Å²) in [6, 6.07) is 14.7. The van der Waals surface area contributed by atoms with Crippen LogP contribution >= 0.6 is 0 Å². The molecule has 1 saturated heterocycles. The Morgan fingerprint density at radius 3 is 2.55 bits per heavy atom. The lowest BCUT2D eigenvalue weighted by Gasteiger charge is -2.26. The minimum atomic E-state index is -0.0549. The van der Waals surface area contributed by atoms with Gasteiger partial charge in [0.2, 0.25) is 5.91 Å². The molecule has 2 aromatic carbocycles. The summed E-state index contributed by atoms with van der Waals surface area (Å²) in [5, 5.41) is 0. The van der Waals surface area contributed by atoms with Crippen LogP contribution in [0.25, 0.3) is 0 Å². The number of ketones is 1. The number of para-hydroxylation sites is 1. The van der Waals surface area contributed by atoms with Crippen LogP contribution in [0.5, 0.6) is 11.5 Å². The number of Topliss-reactive ketones (excluding diaryl/α,β-unsaturated/α-hetero) is 1. The van der Waals surface area contributed by atoms with Crippen LogP contribution in [-0.2, 0) is 16.1 Å². The van der Waals surface area contributed by atoms with Crippen molar-refractivity contribution < 1.29 is 23.8 Å². The van der Waals surface area contributed by atoms with Gasteiger partial charge in [-0.1, -0.05) is 18.2 Å².